The van der Waals surface area contributed by atoms with Gasteiger partial charge in [0.2, 0.25) is 0 Å². The number of hydrogen-bond acceptors (Lipinski definition) is 5. The molecule has 5 aromatic rings. The van der Waals surface area contributed by atoms with Crippen molar-refractivity contribution in [3.63, 3.8) is 0 Å². The van der Waals surface area contributed by atoms with Crippen LogP contribution in [-0.2, 0) is 6.61 Å². The Bertz CT molecular complexity index is 1840. The minimum Gasteiger partial charge on any atom is -0.496 e. The number of aromatic nitrogens is 2. The van der Waals surface area contributed by atoms with E-state index in [4.69, 9.17) is 37.7 Å². The summed E-state index contributed by atoms with van der Waals surface area (Å²) in [7, 11) is 1.66. The van der Waals surface area contributed by atoms with E-state index in [0.717, 1.165) is 28.0 Å². The Hall–Kier alpha value is -4.13. The standard InChI is InChI=1S/C34H31Cl2N3O3/c1-20(2)26-17-27(22(4)14-31(26)41-5)33-38-30-9-7-6-8-25(30)34(40)39(33)37-18-24-15-28(35)32(29(36)16-24)42-19-23-12-10-21(3)11-13-23/h6-18,20H,19H2,1-5H3. The van der Waals surface area contributed by atoms with Gasteiger partial charge in [-0.1, -0.05) is 79.0 Å². The third-order valence-corrected chi connectivity index (χ3v) is 7.60. The number of ether oxygens (including phenoxy) is 2. The van der Waals surface area contributed by atoms with Crippen molar-refractivity contribution in [3.05, 3.63) is 121 Å². The van der Waals surface area contributed by atoms with Crippen LogP contribution in [0.1, 0.15) is 47.6 Å². The Morgan fingerprint density at radius 3 is 2.33 bits per heavy atom. The maximum atomic E-state index is 13.7. The van der Waals surface area contributed by atoms with Crippen molar-refractivity contribution in [1.29, 1.82) is 0 Å². The van der Waals surface area contributed by atoms with Crippen molar-refractivity contribution in [3.8, 4) is 22.9 Å². The molecule has 8 heteroatoms. The number of nitrogens with zero attached hydrogens (tertiary/aromatic N) is 3. The lowest BCUT2D eigenvalue weighted by molar-refractivity contribution is 0.306. The summed E-state index contributed by atoms with van der Waals surface area (Å²) >= 11 is 13.2. The highest BCUT2D eigenvalue weighted by Gasteiger charge is 2.18. The molecule has 4 aromatic carbocycles. The Kier molecular flexibility index (Phi) is 8.66. The van der Waals surface area contributed by atoms with Crippen molar-refractivity contribution in [2.45, 2.75) is 40.2 Å². The zero-order chi connectivity index (χ0) is 30.0. The summed E-state index contributed by atoms with van der Waals surface area (Å²) in [5.41, 5.74) is 5.78. The molecule has 1 aromatic heterocycles. The van der Waals surface area contributed by atoms with Gasteiger partial charge in [-0.05, 0) is 78.4 Å². The molecule has 0 fully saturated rings. The van der Waals surface area contributed by atoms with E-state index in [0.29, 0.717) is 44.7 Å². The average molecular weight is 601 g/mol. The monoisotopic (exact) mass is 599 g/mol. The van der Waals surface area contributed by atoms with Gasteiger partial charge in [-0.2, -0.15) is 9.78 Å². The van der Waals surface area contributed by atoms with Gasteiger partial charge in [0, 0.05) is 5.56 Å². The predicted molar refractivity (Wildman–Crippen MR) is 172 cm³/mol. The fourth-order valence-electron chi connectivity index (χ4n) is 4.73. The summed E-state index contributed by atoms with van der Waals surface area (Å²) in [4.78, 5) is 18.6. The first-order chi connectivity index (χ1) is 20.2. The molecule has 5 rings (SSSR count). The lowest BCUT2D eigenvalue weighted by Crippen LogP contribution is -2.20. The van der Waals surface area contributed by atoms with Crippen LogP contribution in [0.2, 0.25) is 10.0 Å². The molecular formula is C34H31Cl2N3O3. The summed E-state index contributed by atoms with van der Waals surface area (Å²) in [6.07, 6.45) is 1.55. The van der Waals surface area contributed by atoms with Gasteiger partial charge in [0.1, 0.15) is 12.4 Å². The molecule has 0 N–H and O–H groups in total. The van der Waals surface area contributed by atoms with Crippen LogP contribution in [0.4, 0.5) is 0 Å². The Labute approximate surface area is 255 Å². The van der Waals surface area contributed by atoms with Gasteiger partial charge in [0.15, 0.2) is 11.6 Å². The van der Waals surface area contributed by atoms with Crippen LogP contribution in [0, 0.1) is 13.8 Å². The van der Waals surface area contributed by atoms with Crippen molar-refractivity contribution >= 4 is 40.3 Å². The fraction of sp³-hybridized carbons (Fsp3) is 0.206. The normalized spacial score (nSPS) is 11.5. The maximum Gasteiger partial charge on any atom is 0.282 e. The lowest BCUT2D eigenvalue weighted by Gasteiger charge is -2.17. The largest absolute Gasteiger partial charge is 0.496 e. The van der Waals surface area contributed by atoms with Gasteiger partial charge in [-0.25, -0.2) is 4.98 Å². The summed E-state index contributed by atoms with van der Waals surface area (Å²) in [5, 5.41) is 5.75. The van der Waals surface area contributed by atoms with Crippen molar-refractivity contribution in [2.24, 2.45) is 5.10 Å². The Morgan fingerprint density at radius 2 is 1.67 bits per heavy atom. The average Bonchev–Trinajstić information content (AvgIpc) is 2.96. The van der Waals surface area contributed by atoms with Crippen LogP contribution < -0.4 is 15.0 Å². The highest BCUT2D eigenvalue weighted by molar-refractivity contribution is 6.37. The van der Waals surface area contributed by atoms with Crippen molar-refractivity contribution in [2.75, 3.05) is 7.11 Å². The van der Waals surface area contributed by atoms with E-state index in [9.17, 15) is 4.79 Å². The first-order valence-corrected chi connectivity index (χ1v) is 14.3. The Morgan fingerprint density at radius 1 is 0.976 bits per heavy atom. The molecule has 0 bridgehead atoms. The molecular weight excluding hydrogens is 569 g/mol. The minimum absolute atomic E-state index is 0.194. The molecule has 0 aliphatic heterocycles. The molecule has 1 heterocycles. The number of benzene rings is 4. The van der Waals surface area contributed by atoms with E-state index in [1.165, 1.54) is 10.2 Å². The molecule has 6 nitrogen and oxygen atoms in total. The molecule has 0 amide bonds. The van der Waals surface area contributed by atoms with E-state index in [-0.39, 0.29) is 11.5 Å². The second-order valence-corrected chi connectivity index (χ2v) is 11.3. The predicted octanol–water partition coefficient (Wildman–Crippen LogP) is 8.58. The number of methoxy groups -OCH3 is 1. The summed E-state index contributed by atoms with van der Waals surface area (Å²) in [6.45, 7) is 8.51. The van der Waals surface area contributed by atoms with Crippen LogP contribution in [0.3, 0.4) is 0 Å². The van der Waals surface area contributed by atoms with Crippen LogP contribution >= 0.6 is 23.2 Å². The Balaban J connectivity index is 1.56. The number of rotatable bonds is 8. The van der Waals surface area contributed by atoms with Gasteiger partial charge in [-0.15, -0.1) is 0 Å². The van der Waals surface area contributed by atoms with Gasteiger partial charge in [-0.3, -0.25) is 4.79 Å². The van der Waals surface area contributed by atoms with Crippen LogP contribution in [0.15, 0.2) is 82.7 Å². The minimum atomic E-state index is -0.289. The lowest BCUT2D eigenvalue weighted by atomic mass is 9.96. The summed E-state index contributed by atoms with van der Waals surface area (Å²) < 4.78 is 12.9. The highest BCUT2D eigenvalue weighted by atomic mass is 35.5. The molecule has 0 atom stereocenters. The van der Waals surface area contributed by atoms with E-state index in [2.05, 4.69) is 18.9 Å². The van der Waals surface area contributed by atoms with Crippen LogP contribution in [0.25, 0.3) is 22.3 Å². The maximum absolute atomic E-state index is 13.7. The van der Waals surface area contributed by atoms with Crippen molar-refractivity contribution < 1.29 is 9.47 Å². The van der Waals surface area contributed by atoms with E-state index >= 15 is 0 Å². The van der Waals surface area contributed by atoms with E-state index < -0.39 is 0 Å². The second-order valence-electron chi connectivity index (χ2n) is 10.5. The smallest absolute Gasteiger partial charge is 0.282 e. The van der Waals surface area contributed by atoms with Gasteiger partial charge in [0.25, 0.3) is 5.56 Å². The molecule has 0 aliphatic rings. The number of hydrogen-bond donors (Lipinski definition) is 0. The molecule has 0 unspecified atom stereocenters. The summed E-state index contributed by atoms with van der Waals surface area (Å²) in [6, 6.07) is 22.7. The number of fused-ring (bicyclic) bond motifs is 1. The summed E-state index contributed by atoms with van der Waals surface area (Å²) in [5.74, 6) is 1.79. The quantitative estimate of drug-likeness (QED) is 0.167. The zero-order valence-corrected chi connectivity index (χ0v) is 25.6. The number of para-hydroxylation sites is 1. The van der Waals surface area contributed by atoms with E-state index in [1.54, 1.807) is 31.5 Å². The second kappa shape index (κ2) is 12.4. The molecule has 0 aliphatic carbocycles. The molecule has 0 radical (unpaired) electrons. The van der Waals surface area contributed by atoms with Crippen LogP contribution in [0.5, 0.6) is 11.5 Å². The van der Waals surface area contributed by atoms with Crippen molar-refractivity contribution in [1.82, 2.24) is 9.66 Å². The third-order valence-electron chi connectivity index (χ3n) is 7.04. The molecule has 0 saturated carbocycles. The first-order valence-electron chi connectivity index (χ1n) is 13.6. The molecule has 0 spiro atoms. The third kappa shape index (κ3) is 6.06. The van der Waals surface area contributed by atoms with Gasteiger partial charge < -0.3 is 9.47 Å². The van der Waals surface area contributed by atoms with Gasteiger partial charge in [0.05, 0.1) is 34.3 Å². The van der Waals surface area contributed by atoms with Crippen LogP contribution in [-0.4, -0.2) is 23.0 Å². The SMILES string of the molecule is COc1cc(C)c(-c2nc3ccccc3c(=O)n2N=Cc2cc(Cl)c(OCc3ccc(C)cc3)c(Cl)c2)cc1C(C)C. The topological polar surface area (TPSA) is 65.7 Å². The van der Waals surface area contributed by atoms with Gasteiger partial charge >= 0.3 is 0 Å². The molecule has 0 saturated heterocycles. The first kappa shape index (κ1) is 29.4. The number of aryl methyl sites for hydroxylation is 2. The number of halogens is 2. The zero-order valence-electron chi connectivity index (χ0n) is 24.1. The van der Waals surface area contributed by atoms with E-state index in [1.807, 2.05) is 68.4 Å². The molecule has 214 valence electrons. The molecule has 42 heavy (non-hydrogen) atoms. The highest BCUT2D eigenvalue weighted by Crippen LogP contribution is 2.36. The fourth-order valence-corrected chi connectivity index (χ4v) is 5.34.